The third-order valence-electron chi connectivity index (χ3n) is 2.91. The van der Waals surface area contributed by atoms with Crippen molar-refractivity contribution in [2.75, 3.05) is 19.8 Å². The van der Waals surface area contributed by atoms with Gasteiger partial charge in [0.05, 0.1) is 11.8 Å². The Bertz CT molecular complexity index is 389. The molecule has 5 heteroatoms. The third kappa shape index (κ3) is 3.17. The molecule has 0 bridgehead atoms. The molecule has 2 heterocycles. The van der Waals surface area contributed by atoms with Gasteiger partial charge in [-0.3, -0.25) is 9.78 Å². The number of carbonyl (C=O) groups is 1. The third-order valence-corrected chi connectivity index (χ3v) is 2.91. The molecule has 0 saturated carbocycles. The normalized spacial score (nSPS) is 19.2. The first kappa shape index (κ1) is 11.9. The molecule has 1 amide bonds. The lowest BCUT2D eigenvalue weighted by Crippen LogP contribution is -2.26. The Hall–Kier alpha value is -1.62. The van der Waals surface area contributed by atoms with Crippen LogP contribution in [0.3, 0.4) is 0 Å². The fourth-order valence-corrected chi connectivity index (χ4v) is 1.87. The topological polar surface area (TPSA) is 71.5 Å². The van der Waals surface area contributed by atoms with Crippen LogP contribution in [0.15, 0.2) is 18.5 Å². The Kier molecular flexibility index (Phi) is 3.93. The molecule has 5 nitrogen and oxygen atoms in total. The zero-order chi connectivity index (χ0) is 12.1. The molecule has 17 heavy (non-hydrogen) atoms. The fraction of sp³-hybridized carbons (Fsp3) is 0.500. The number of rotatable bonds is 4. The van der Waals surface area contributed by atoms with Crippen molar-refractivity contribution in [2.45, 2.75) is 12.8 Å². The smallest absolute Gasteiger partial charge is 0.255 e. The summed E-state index contributed by atoms with van der Waals surface area (Å²) in [6.45, 7) is 2.22. The Morgan fingerprint density at radius 2 is 2.53 bits per heavy atom. The molecular formula is C12H16N2O3. The van der Waals surface area contributed by atoms with E-state index in [0.29, 0.717) is 12.5 Å². The van der Waals surface area contributed by atoms with E-state index in [4.69, 9.17) is 4.74 Å². The van der Waals surface area contributed by atoms with Gasteiger partial charge in [0.1, 0.15) is 5.75 Å². The number of ether oxygens (including phenoxy) is 1. The molecule has 1 saturated heterocycles. The van der Waals surface area contributed by atoms with Crippen LogP contribution >= 0.6 is 0 Å². The van der Waals surface area contributed by atoms with Crippen LogP contribution in [0.1, 0.15) is 23.2 Å². The van der Waals surface area contributed by atoms with E-state index in [2.05, 4.69) is 10.3 Å². The lowest BCUT2D eigenvalue weighted by Gasteiger charge is -2.09. The number of carbonyl (C=O) groups excluding carboxylic acids is 1. The second kappa shape index (κ2) is 5.63. The summed E-state index contributed by atoms with van der Waals surface area (Å²) >= 11 is 0. The van der Waals surface area contributed by atoms with Crippen molar-refractivity contribution in [1.29, 1.82) is 0 Å². The molecule has 0 aromatic carbocycles. The summed E-state index contributed by atoms with van der Waals surface area (Å²) in [6.07, 6.45) is 4.73. The quantitative estimate of drug-likeness (QED) is 0.816. The number of aromatic nitrogens is 1. The first-order valence-electron chi connectivity index (χ1n) is 5.76. The van der Waals surface area contributed by atoms with Crippen LogP contribution < -0.4 is 5.32 Å². The molecule has 1 fully saturated rings. The maximum atomic E-state index is 11.7. The van der Waals surface area contributed by atoms with Crippen LogP contribution in [-0.4, -0.2) is 35.8 Å². The summed E-state index contributed by atoms with van der Waals surface area (Å²) in [7, 11) is 0. The Labute approximate surface area is 99.8 Å². The molecule has 1 atom stereocenters. The molecule has 1 aliphatic rings. The minimum Gasteiger partial charge on any atom is -0.505 e. The predicted octanol–water partition coefficient (Wildman–Crippen LogP) is 0.944. The number of aromatic hydroxyl groups is 1. The van der Waals surface area contributed by atoms with E-state index >= 15 is 0 Å². The second-order valence-electron chi connectivity index (χ2n) is 4.17. The standard InChI is InChI=1S/C12H16N2O3/c15-11-7-13-4-2-10(11)12(16)14-5-1-9-3-6-17-8-9/h2,4,7,9,15H,1,3,5-6,8H2,(H,14,16). The highest BCUT2D eigenvalue weighted by molar-refractivity contribution is 5.96. The van der Waals surface area contributed by atoms with Gasteiger partial charge in [0.15, 0.2) is 0 Å². The monoisotopic (exact) mass is 236 g/mol. The van der Waals surface area contributed by atoms with E-state index in [1.165, 1.54) is 18.5 Å². The predicted molar refractivity (Wildman–Crippen MR) is 61.8 cm³/mol. The SMILES string of the molecule is O=C(NCCC1CCOC1)c1ccncc1O. The van der Waals surface area contributed by atoms with Gasteiger partial charge in [0, 0.05) is 26.0 Å². The number of pyridine rings is 1. The van der Waals surface area contributed by atoms with Gasteiger partial charge in [-0.15, -0.1) is 0 Å². The van der Waals surface area contributed by atoms with Gasteiger partial charge in [-0.05, 0) is 24.8 Å². The molecule has 92 valence electrons. The van der Waals surface area contributed by atoms with E-state index in [0.717, 1.165) is 26.1 Å². The Balaban J connectivity index is 1.79. The van der Waals surface area contributed by atoms with Gasteiger partial charge in [0.2, 0.25) is 0 Å². The van der Waals surface area contributed by atoms with Crippen LogP contribution in [0.2, 0.25) is 0 Å². The number of hydrogen-bond donors (Lipinski definition) is 2. The zero-order valence-electron chi connectivity index (χ0n) is 9.56. The van der Waals surface area contributed by atoms with Gasteiger partial charge < -0.3 is 15.2 Å². The van der Waals surface area contributed by atoms with Gasteiger partial charge >= 0.3 is 0 Å². The maximum absolute atomic E-state index is 11.7. The number of nitrogens with zero attached hydrogens (tertiary/aromatic N) is 1. The van der Waals surface area contributed by atoms with E-state index < -0.39 is 0 Å². The van der Waals surface area contributed by atoms with Crippen molar-refractivity contribution in [1.82, 2.24) is 10.3 Å². The van der Waals surface area contributed by atoms with Crippen LogP contribution in [-0.2, 0) is 4.74 Å². The van der Waals surface area contributed by atoms with Gasteiger partial charge in [-0.1, -0.05) is 0 Å². The highest BCUT2D eigenvalue weighted by Crippen LogP contribution is 2.16. The lowest BCUT2D eigenvalue weighted by atomic mass is 10.1. The van der Waals surface area contributed by atoms with Crippen molar-refractivity contribution < 1.29 is 14.6 Å². The summed E-state index contributed by atoms with van der Waals surface area (Å²) in [5.41, 5.74) is 0.266. The molecule has 1 unspecified atom stereocenters. The lowest BCUT2D eigenvalue weighted by molar-refractivity contribution is 0.0947. The van der Waals surface area contributed by atoms with E-state index in [1.807, 2.05) is 0 Å². The summed E-state index contributed by atoms with van der Waals surface area (Å²) in [5, 5.41) is 12.2. The summed E-state index contributed by atoms with van der Waals surface area (Å²) in [4.78, 5) is 15.4. The van der Waals surface area contributed by atoms with E-state index in [1.54, 1.807) is 0 Å². The summed E-state index contributed by atoms with van der Waals surface area (Å²) < 4.78 is 5.26. The van der Waals surface area contributed by atoms with E-state index in [-0.39, 0.29) is 17.2 Å². The second-order valence-corrected chi connectivity index (χ2v) is 4.17. The number of hydrogen-bond acceptors (Lipinski definition) is 4. The molecule has 0 spiro atoms. The van der Waals surface area contributed by atoms with Crippen molar-refractivity contribution >= 4 is 5.91 Å². The highest BCUT2D eigenvalue weighted by atomic mass is 16.5. The minimum absolute atomic E-state index is 0.0887. The fourth-order valence-electron chi connectivity index (χ4n) is 1.87. The van der Waals surface area contributed by atoms with Crippen LogP contribution in [0.4, 0.5) is 0 Å². The van der Waals surface area contributed by atoms with Gasteiger partial charge in [-0.25, -0.2) is 0 Å². The Morgan fingerprint density at radius 1 is 1.65 bits per heavy atom. The van der Waals surface area contributed by atoms with Crippen LogP contribution in [0, 0.1) is 5.92 Å². The highest BCUT2D eigenvalue weighted by Gasteiger charge is 2.16. The largest absolute Gasteiger partial charge is 0.505 e. The molecular weight excluding hydrogens is 220 g/mol. The molecule has 2 N–H and O–H groups in total. The maximum Gasteiger partial charge on any atom is 0.255 e. The molecule has 2 rings (SSSR count). The Morgan fingerprint density at radius 3 is 3.24 bits per heavy atom. The summed E-state index contributed by atoms with van der Waals surface area (Å²) in [5.74, 6) is 0.194. The molecule has 1 aromatic heterocycles. The van der Waals surface area contributed by atoms with Crippen LogP contribution in [0.25, 0.3) is 0 Å². The first-order valence-corrected chi connectivity index (χ1v) is 5.76. The van der Waals surface area contributed by atoms with Gasteiger partial charge in [0.25, 0.3) is 5.91 Å². The van der Waals surface area contributed by atoms with Crippen LogP contribution in [0.5, 0.6) is 5.75 Å². The average molecular weight is 236 g/mol. The molecule has 0 radical (unpaired) electrons. The number of nitrogens with one attached hydrogen (secondary N) is 1. The minimum atomic E-state index is -0.260. The molecule has 1 aliphatic heterocycles. The van der Waals surface area contributed by atoms with Gasteiger partial charge in [-0.2, -0.15) is 0 Å². The van der Waals surface area contributed by atoms with E-state index in [9.17, 15) is 9.90 Å². The first-order chi connectivity index (χ1) is 8.27. The van der Waals surface area contributed by atoms with Crippen molar-refractivity contribution in [3.05, 3.63) is 24.0 Å². The van der Waals surface area contributed by atoms with Crippen molar-refractivity contribution in [2.24, 2.45) is 5.92 Å². The average Bonchev–Trinajstić information content (AvgIpc) is 2.82. The molecule has 1 aromatic rings. The zero-order valence-corrected chi connectivity index (χ0v) is 9.56. The number of amides is 1. The van der Waals surface area contributed by atoms with Crippen molar-refractivity contribution in [3.63, 3.8) is 0 Å². The molecule has 0 aliphatic carbocycles. The van der Waals surface area contributed by atoms with Crippen molar-refractivity contribution in [3.8, 4) is 5.75 Å². The summed E-state index contributed by atoms with van der Waals surface area (Å²) in [6, 6.07) is 1.50.